The van der Waals surface area contributed by atoms with Crippen LogP contribution in [0, 0.1) is 0 Å². The highest BCUT2D eigenvalue weighted by Crippen LogP contribution is 2.28. The summed E-state index contributed by atoms with van der Waals surface area (Å²) < 4.78 is 5.55. The molecule has 2 aliphatic rings. The molecule has 3 rings (SSSR count). The van der Waals surface area contributed by atoms with Crippen molar-refractivity contribution in [2.75, 3.05) is 6.54 Å². The fourth-order valence-electron chi connectivity index (χ4n) is 2.12. The van der Waals surface area contributed by atoms with Gasteiger partial charge in [-0.3, -0.25) is 9.59 Å². The van der Waals surface area contributed by atoms with Crippen molar-refractivity contribution >= 4 is 11.8 Å². The van der Waals surface area contributed by atoms with Crippen LogP contribution in [0.3, 0.4) is 0 Å². The molecule has 2 N–H and O–H groups in total. The third-order valence-electron chi connectivity index (χ3n) is 3.31. The molecular formula is C14H16N2O3. The first kappa shape index (κ1) is 12.0. The quantitative estimate of drug-likeness (QED) is 0.822. The first-order valence-corrected chi connectivity index (χ1v) is 6.54. The molecule has 1 aromatic carbocycles. The van der Waals surface area contributed by atoms with Crippen LogP contribution < -0.4 is 15.4 Å². The van der Waals surface area contributed by atoms with E-state index in [2.05, 4.69) is 10.6 Å². The fraction of sp³-hybridized carbons (Fsp3) is 0.429. The lowest BCUT2D eigenvalue weighted by molar-refractivity contribution is -0.130. The molecule has 0 radical (unpaired) electrons. The Balaban J connectivity index is 1.48. The fourth-order valence-corrected chi connectivity index (χ4v) is 2.12. The first-order chi connectivity index (χ1) is 9.22. The average Bonchev–Trinajstić information content (AvgIpc) is 3.10. The van der Waals surface area contributed by atoms with Crippen LogP contribution in [0.15, 0.2) is 24.3 Å². The molecule has 2 amide bonds. The van der Waals surface area contributed by atoms with Crippen LogP contribution in [-0.2, 0) is 16.0 Å². The van der Waals surface area contributed by atoms with Gasteiger partial charge in [0.1, 0.15) is 5.75 Å². The highest BCUT2D eigenvalue weighted by atomic mass is 16.5. The number of carbonyl (C=O) groups excluding carboxylic acids is 2. The number of nitrogens with one attached hydrogen (secondary N) is 2. The molecule has 1 aromatic rings. The molecule has 0 aromatic heterocycles. The minimum absolute atomic E-state index is 0.0194. The number of para-hydroxylation sites is 1. The number of carbonyl (C=O) groups is 2. The van der Waals surface area contributed by atoms with Crippen molar-refractivity contribution in [1.29, 1.82) is 0 Å². The van der Waals surface area contributed by atoms with Gasteiger partial charge in [-0.2, -0.15) is 0 Å². The largest absolute Gasteiger partial charge is 0.480 e. The summed E-state index contributed by atoms with van der Waals surface area (Å²) in [7, 11) is 0. The Morgan fingerprint density at radius 2 is 2.05 bits per heavy atom. The Hall–Kier alpha value is -2.04. The van der Waals surface area contributed by atoms with E-state index in [1.54, 1.807) is 0 Å². The number of hydrogen-bond acceptors (Lipinski definition) is 3. The van der Waals surface area contributed by atoms with Crippen LogP contribution in [0.1, 0.15) is 18.4 Å². The van der Waals surface area contributed by atoms with Gasteiger partial charge in [0, 0.05) is 12.5 Å². The normalized spacial score (nSPS) is 20.3. The van der Waals surface area contributed by atoms with Crippen LogP contribution in [0.4, 0.5) is 0 Å². The van der Waals surface area contributed by atoms with Gasteiger partial charge >= 0.3 is 0 Å². The predicted octanol–water partition coefficient (Wildman–Crippen LogP) is 0.385. The van der Waals surface area contributed by atoms with Crippen LogP contribution in [0.5, 0.6) is 5.75 Å². The zero-order valence-electron chi connectivity index (χ0n) is 10.5. The molecule has 0 saturated heterocycles. The van der Waals surface area contributed by atoms with E-state index in [1.165, 1.54) is 0 Å². The van der Waals surface area contributed by atoms with Crippen molar-refractivity contribution in [3.8, 4) is 5.75 Å². The highest BCUT2D eigenvalue weighted by Gasteiger charge is 2.29. The van der Waals surface area contributed by atoms with Crippen LogP contribution >= 0.6 is 0 Å². The van der Waals surface area contributed by atoms with Gasteiger partial charge in [0.25, 0.3) is 5.91 Å². The zero-order valence-corrected chi connectivity index (χ0v) is 10.5. The van der Waals surface area contributed by atoms with Gasteiger partial charge in [0.15, 0.2) is 6.10 Å². The second-order valence-electron chi connectivity index (χ2n) is 4.98. The molecule has 0 bridgehead atoms. The highest BCUT2D eigenvalue weighted by molar-refractivity contribution is 5.88. The van der Waals surface area contributed by atoms with E-state index in [4.69, 9.17) is 4.74 Å². The van der Waals surface area contributed by atoms with Crippen molar-refractivity contribution in [2.24, 2.45) is 0 Å². The number of fused-ring (bicyclic) bond motifs is 1. The smallest absolute Gasteiger partial charge is 0.261 e. The standard InChI is InChI=1S/C14H16N2O3/c17-13(16-10-5-6-10)8-15-14(18)12-7-9-3-1-2-4-11(9)19-12/h1-4,10,12H,5-8H2,(H,15,18)(H,16,17)/t12-/m1/s1. The number of benzene rings is 1. The van der Waals surface area contributed by atoms with Crippen molar-refractivity contribution in [3.05, 3.63) is 29.8 Å². The van der Waals surface area contributed by atoms with E-state index >= 15 is 0 Å². The molecule has 0 spiro atoms. The van der Waals surface area contributed by atoms with Crippen LogP contribution in [0.2, 0.25) is 0 Å². The molecule has 1 fully saturated rings. The summed E-state index contributed by atoms with van der Waals surface area (Å²) in [5.41, 5.74) is 1.03. The lowest BCUT2D eigenvalue weighted by atomic mass is 10.1. The molecule has 1 saturated carbocycles. The van der Waals surface area contributed by atoms with Crippen molar-refractivity contribution in [3.63, 3.8) is 0 Å². The molecule has 5 heteroatoms. The molecule has 1 aliphatic heterocycles. The van der Waals surface area contributed by atoms with Crippen LogP contribution in [0.25, 0.3) is 0 Å². The Labute approximate surface area is 111 Å². The molecule has 1 heterocycles. The maximum atomic E-state index is 11.9. The minimum Gasteiger partial charge on any atom is -0.480 e. The van der Waals surface area contributed by atoms with E-state index in [1.807, 2.05) is 24.3 Å². The van der Waals surface area contributed by atoms with Gasteiger partial charge in [-0.25, -0.2) is 0 Å². The summed E-state index contributed by atoms with van der Waals surface area (Å²) in [6.07, 6.45) is 2.12. The monoisotopic (exact) mass is 260 g/mol. The van der Waals surface area contributed by atoms with Gasteiger partial charge in [-0.1, -0.05) is 18.2 Å². The Bertz CT molecular complexity index is 486. The molecule has 100 valence electrons. The number of rotatable bonds is 4. The van der Waals surface area contributed by atoms with E-state index in [0.717, 1.165) is 24.2 Å². The van der Waals surface area contributed by atoms with Crippen molar-refractivity contribution in [1.82, 2.24) is 10.6 Å². The molecule has 5 nitrogen and oxygen atoms in total. The third-order valence-corrected chi connectivity index (χ3v) is 3.31. The first-order valence-electron chi connectivity index (χ1n) is 6.54. The average molecular weight is 260 g/mol. The number of ether oxygens (including phenoxy) is 1. The molecule has 19 heavy (non-hydrogen) atoms. The van der Waals surface area contributed by atoms with Gasteiger partial charge in [0.2, 0.25) is 5.91 Å². The molecule has 1 atom stereocenters. The molecule has 1 aliphatic carbocycles. The van der Waals surface area contributed by atoms with Crippen LogP contribution in [-0.4, -0.2) is 30.5 Å². The predicted molar refractivity (Wildman–Crippen MR) is 68.7 cm³/mol. The van der Waals surface area contributed by atoms with E-state index in [-0.39, 0.29) is 18.4 Å². The summed E-state index contributed by atoms with van der Waals surface area (Å²) in [6, 6.07) is 7.91. The summed E-state index contributed by atoms with van der Waals surface area (Å²) in [6.45, 7) is 0.0194. The minimum atomic E-state index is -0.522. The van der Waals surface area contributed by atoms with E-state index in [9.17, 15) is 9.59 Å². The molecular weight excluding hydrogens is 244 g/mol. The summed E-state index contributed by atoms with van der Waals surface area (Å²) in [5, 5.41) is 5.44. The van der Waals surface area contributed by atoms with Gasteiger partial charge in [-0.15, -0.1) is 0 Å². The Morgan fingerprint density at radius 3 is 2.79 bits per heavy atom. The Kier molecular flexibility index (Phi) is 3.11. The van der Waals surface area contributed by atoms with Gasteiger partial charge in [-0.05, 0) is 24.5 Å². The second kappa shape index (κ2) is 4.91. The second-order valence-corrected chi connectivity index (χ2v) is 4.98. The topological polar surface area (TPSA) is 67.4 Å². The zero-order chi connectivity index (χ0) is 13.2. The third kappa shape index (κ3) is 2.86. The number of hydrogen-bond donors (Lipinski definition) is 2. The summed E-state index contributed by atoms with van der Waals surface area (Å²) in [4.78, 5) is 23.4. The van der Waals surface area contributed by atoms with E-state index in [0.29, 0.717) is 12.5 Å². The van der Waals surface area contributed by atoms with Crippen molar-refractivity contribution < 1.29 is 14.3 Å². The van der Waals surface area contributed by atoms with Gasteiger partial charge < -0.3 is 15.4 Å². The summed E-state index contributed by atoms with van der Waals surface area (Å²) >= 11 is 0. The molecule has 0 unspecified atom stereocenters. The Morgan fingerprint density at radius 1 is 1.26 bits per heavy atom. The number of amides is 2. The maximum absolute atomic E-state index is 11.9. The lowest BCUT2D eigenvalue weighted by Gasteiger charge is -2.11. The summed E-state index contributed by atoms with van der Waals surface area (Å²) in [5.74, 6) is 0.388. The van der Waals surface area contributed by atoms with Crippen molar-refractivity contribution in [2.45, 2.75) is 31.4 Å². The maximum Gasteiger partial charge on any atom is 0.261 e. The SMILES string of the molecule is O=C(CNC(=O)[C@H]1Cc2ccccc2O1)NC1CC1. The lowest BCUT2D eigenvalue weighted by Crippen LogP contribution is -2.43. The van der Waals surface area contributed by atoms with Gasteiger partial charge in [0.05, 0.1) is 6.54 Å². The van der Waals surface area contributed by atoms with E-state index < -0.39 is 6.10 Å².